The fourth-order valence-corrected chi connectivity index (χ4v) is 3.70. The Kier molecular flexibility index (Phi) is 4.81. The van der Waals surface area contributed by atoms with E-state index in [2.05, 4.69) is 40.1 Å². The lowest BCUT2D eigenvalue weighted by Crippen LogP contribution is -2.45. The van der Waals surface area contributed by atoms with E-state index in [1.807, 2.05) is 0 Å². The van der Waals surface area contributed by atoms with Gasteiger partial charge in [0.1, 0.15) is 0 Å². The van der Waals surface area contributed by atoms with Gasteiger partial charge in [0, 0.05) is 44.5 Å². The minimum Gasteiger partial charge on any atom is -0.339 e. The van der Waals surface area contributed by atoms with Gasteiger partial charge in [-0.1, -0.05) is 30.3 Å². The number of piperidine rings is 1. The number of hydrogen-bond donors (Lipinski definition) is 0. The van der Waals surface area contributed by atoms with Crippen molar-refractivity contribution in [1.82, 2.24) is 9.80 Å². The Bertz CT molecular complexity index is 471. The molecule has 3 rings (SSSR count). The van der Waals surface area contributed by atoms with Crippen molar-refractivity contribution in [3.05, 3.63) is 35.9 Å². The first-order valence-corrected chi connectivity index (χ1v) is 8.41. The lowest BCUT2D eigenvalue weighted by Gasteiger charge is -2.37. The van der Waals surface area contributed by atoms with Crippen LogP contribution in [0.2, 0.25) is 0 Å². The van der Waals surface area contributed by atoms with Crippen molar-refractivity contribution in [3.8, 4) is 0 Å². The summed E-state index contributed by atoms with van der Waals surface area (Å²) in [5.74, 6) is 1.28. The number of carbonyl (C=O) groups is 1. The van der Waals surface area contributed by atoms with Gasteiger partial charge in [-0.05, 0) is 24.3 Å². The molecule has 114 valence electrons. The van der Waals surface area contributed by atoms with Gasteiger partial charge in [-0.2, -0.15) is 0 Å². The number of nitrogens with zero attached hydrogens (tertiary/aromatic N) is 2. The molecule has 1 aromatic rings. The van der Waals surface area contributed by atoms with Crippen LogP contribution in [0.4, 0.5) is 0 Å². The minimum atomic E-state index is 0.308. The summed E-state index contributed by atoms with van der Waals surface area (Å²) in [4.78, 5) is 16.7. The summed E-state index contributed by atoms with van der Waals surface area (Å²) in [6.07, 6.45) is 2.83. The van der Waals surface area contributed by atoms with Crippen molar-refractivity contribution < 1.29 is 4.79 Å². The first-order valence-electron chi connectivity index (χ1n) is 7.88. The van der Waals surface area contributed by atoms with Crippen molar-refractivity contribution in [2.24, 2.45) is 5.92 Å². The van der Waals surface area contributed by atoms with E-state index in [0.717, 1.165) is 39.0 Å². The number of benzene rings is 1. The number of hydrogen-bond acceptors (Lipinski definition) is 2. The molecule has 0 saturated carbocycles. The lowest BCUT2D eigenvalue weighted by molar-refractivity contribution is -0.130. The van der Waals surface area contributed by atoms with Crippen molar-refractivity contribution in [1.29, 1.82) is 0 Å². The van der Waals surface area contributed by atoms with Crippen molar-refractivity contribution in [2.75, 3.05) is 25.5 Å². The molecule has 0 spiro atoms. The van der Waals surface area contributed by atoms with Gasteiger partial charge in [-0.25, -0.2) is 0 Å². The van der Waals surface area contributed by atoms with Crippen LogP contribution in [-0.2, 0) is 11.3 Å². The van der Waals surface area contributed by atoms with Gasteiger partial charge in [0.15, 0.2) is 0 Å². The average Bonchev–Trinajstić information content (AvgIpc) is 2.90. The standard InChI is InChI=1S/C17H23ClN2O/c18-11-15-10-17(21)20(13-15)16-6-8-19(9-7-16)12-14-4-2-1-3-5-14/h1-5,15-16H,6-13H2. The summed E-state index contributed by atoms with van der Waals surface area (Å²) in [7, 11) is 0. The molecule has 0 radical (unpaired) electrons. The molecule has 0 N–H and O–H groups in total. The van der Waals surface area contributed by atoms with Gasteiger partial charge in [0.05, 0.1) is 0 Å². The van der Waals surface area contributed by atoms with Gasteiger partial charge in [0.25, 0.3) is 0 Å². The zero-order valence-electron chi connectivity index (χ0n) is 12.4. The number of halogens is 1. The van der Waals surface area contributed by atoms with Crippen LogP contribution in [0, 0.1) is 5.92 Å². The molecule has 0 aromatic heterocycles. The van der Waals surface area contributed by atoms with Crippen LogP contribution in [0.3, 0.4) is 0 Å². The maximum atomic E-state index is 12.1. The highest BCUT2D eigenvalue weighted by molar-refractivity contribution is 6.18. The van der Waals surface area contributed by atoms with Crippen LogP contribution in [0.25, 0.3) is 0 Å². The largest absolute Gasteiger partial charge is 0.339 e. The van der Waals surface area contributed by atoms with Gasteiger partial charge in [0.2, 0.25) is 5.91 Å². The number of amides is 1. The maximum Gasteiger partial charge on any atom is 0.223 e. The Morgan fingerprint density at radius 2 is 1.86 bits per heavy atom. The topological polar surface area (TPSA) is 23.6 Å². The highest BCUT2D eigenvalue weighted by Crippen LogP contribution is 2.26. The molecule has 2 heterocycles. The van der Waals surface area contributed by atoms with Crippen molar-refractivity contribution in [2.45, 2.75) is 31.8 Å². The molecule has 0 aliphatic carbocycles. The van der Waals surface area contributed by atoms with Crippen LogP contribution >= 0.6 is 11.6 Å². The second-order valence-corrected chi connectivity index (χ2v) is 6.57. The smallest absolute Gasteiger partial charge is 0.223 e. The Hall–Kier alpha value is -1.06. The molecule has 2 saturated heterocycles. The molecule has 21 heavy (non-hydrogen) atoms. The zero-order chi connectivity index (χ0) is 14.7. The maximum absolute atomic E-state index is 12.1. The van der Waals surface area contributed by atoms with E-state index in [-0.39, 0.29) is 0 Å². The molecule has 0 bridgehead atoms. The van der Waals surface area contributed by atoms with Gasteiger partial charge in [-0.15, -0.1) is 11.6 Å². The summed E-state index contributed by atoms with van der Waals surface area (Å²) in [5, 5.41) is 0. The average molecular weight is 307 g/mol. The lowest BCUT2D eigenvalue weighted by atomic mass is 10.0. The van der Waals surface area contributed by atoms with E-state index < -0.39 is 0 Å². The van der Waals surface area contributed by atoms with E-state index in [0.29, 0.717) is 30.2 Å². The molecule has 3 nitrogen and oxygen atoms in total. The first-order chi connectivity index (χ1) is 10.3. The van der Waals surface area contributed by atoms with Gasteiger partial charge in [-0.3, -0.25) is 9.69 Å². The Morgan fingerprint density at radius 1 is 1.14 bits per heavy atom. The summed E-state index contributed by atoms with van der Waals surface area (Å²) in [5.41, 5.74) is 1.37. The molecule has 1 aromatic carbocycles. The second kappa shape index (κ2) is 6.80. The summed E-state index contributed by atoms with van der Waals surface area (Å²) < 4.78 is 0. The third-order valence-corrected chi connectivity index (χ3v) is 5.14. The number of likely N-dealkylation sites (tertiary alicyclic amines) is 2. The van der Waals surface area contributed by atoms with Gasteiger partial charge < -0.3 is 4.90 Å². The van der Waals surface area contributed by atoms with Crippen LogP contribution in [-0.4, -0.2) is 47.3 Å². The predicted octanol–water partition coefficient (Wildman–Crippen LogP) is 2.74. The summed E-state index contributed by atoms with van der Waals surface area (Å²) >= 11 is 5.90. The van der Waals surface area contributed by atoms with E-state index >= 15 is 0 Å². The van der Waals surface area contributed by atoms with Crippen molar-refractivity contribution in [3.63, 3.8) is 0 Å². The predicted molar refractivity (Wildman–Crippen MR) is 85.3 cm³/mol. The number of rotatable bonds is 4. The fraction of sp³-hybridized carbons (Fsp3) is 0.588. The summed E-state index contributed by atoms with van der Waals surface area (Å²) in [6.45, 7) is 4.04. The normalized spacial score (nSPS) is 24.7. The first kappa shape index (κ1) is 14.9. The van der Waals surface area contributed by atoms with Gasteiger partial charge >= 0.3 is 0 Å². The van der Waals surface area contributed by atoms with E-state index in [1.165, 1.54) is 5.56 Å². The Morgan fingerprint density at radius 3 is 2.48 bits per heavy atom. The number of alkyl halides is 1. The molecule has 4 heteroatoms. The molecular weight excluding hydrogens is 284 g/mol. The third-order valence-electron chi connectivity index (χ3n) is 4.70. The Labute approximate surface area is 131 Å². The highest BCUT2D eigenvalue weighted by Gasteiger charge is 2.35. The highest BCUT2D eigenvalue weighted by atomic mass is 35.5. The molecule has 1 atom stereocenters. The molecular formula is C17H23ClN2O. The van der Waals surface area contributed by atoms with Crippen molar-refractivity contribution >= 4 is 17.5 Å². The van der Waals surface area contributed by atoms with E-state index in [9.17, 15) is 4.79 Å². The Balaban J connectivity index is 1.50. The minimum absolute atomic E-state index is 0.308. The quantitative estimate of drug-likeness (QED) is 0.799. The fourth-order valence-electron chi connectivity index (χ4n) is 3.50. The van der Waals surface area contributed by atoms with E-state index in [4.69, 9.17) is 11.6 Å². The number of carbonyl (C=O) groups excluding carboxylic acids is 1. The molecule has 2 aliphatic heterocycles. The molecule has 1 amide bonds. The van der Waals surface area contributed by atoms with Crippen LogP contribution in [0.1, 0.15) is 24.8 Å². The van der Waals surface area contributed by atoms with Crippen LogP contribution in [0.15, 0.2) is 30.3 Å². The second-order valence-electron chi connectivity index (χ2n) is 6.26. The molecule has 2 aliphatic rings. The molecule has 2 fully saturated rings. The zero-order valence-corrected chi connectivity index (χ0v) is 13.1. The van der Waals surface area contributed by atoms with Crippen LogP contribution in [0.5, 0.6) is 0 Å². The third kappa shape index (κ3) is 3.58. The van der Waals surface area contributed by atoms with E-state index in [1.54, 1.807) is 0 Å². The monoisotopic (exact) mass is 306 g/mol. The van der Waals surface area contributed by atoms with Crippen LogP contribution < -0.4 is 0 Å². The molecule has 1 unspecified atom stereocenters. The summed E-state index contributed by atoms with van der Waals surface area (Å²) in [6, 6.07) is 11.0. The SMILES string of the molecule is O=C1CC(CCl)CN1C1CCN(Cc2ccccc2)CC1.